The molecular weight excluding hydrogens is 546 g/mol. The Morgan fingerprint density at radius 3 is 1.39 bits per heavy atom. The van der Waals surface area contributed by atoms with E-state index >= 15 is 0 Å². The van der Waals surface area contributed by atoms with Gasteiger partial charge in [-0.3, -0.25) is 0 Å². The van der Waals surface area contributed by atoms with Crippen molar-refractivity contribution >= 4 is 51.0 Å². The molecule has 0 fully saturated rings. The Bertz CT molecular complexity index is 1260. The molecule has 0 spiro atoms. The molecule has 38 heavy (non-hydrogen) atoms. The van der Waals surface area contributed by atoms with Gasteiger partial charge in [0.1, 0.15) is 0 Å². The predicted octanol–water partition coefficient (Wildman–Crippen LogP) is 6.81. The molecule has 0 saturated heterocycles. The molecule has 4 rings (SSSR count). The first-order valence-electron chi connectivity index (χ1n) is 11.2. The summed E-state index contributed by atoms with van der Waals surface area (Å²) in [5.74, 6) is 1.05. The molecule has 0 aliphatic rings. The van der Waals surface area contributed by atoms with Crippen LogP contribution in [0, 0.1) is 0 Å². The Balaban J connectivity index is 0.00000400. The molecule has 0 saturated carbocycles. The summed E-state index contributed by atoms with van der Waals surface area (Å²) in [6, 6.07) is 28.4. The summed E-state index contributed by atoms with van der Waals surface area (Å²) in [6.45, 7) is 0. The van der Waals surface area contributed by atoms with Crippen molar-refractivity contribution in [3.8, 4) is 23.0 Å². The molecule has 0 heterocycles. The molecule has 4 aromatic rings. The van der Waals surface area contributed by atoms with E-state index in [0.717, 1.165) is 0 Å². The number of rotatable bonds is 10. The van der Waals surface area contributed by atoms with Crippen molar-refractivity contribution in [1.82, 2.24) is 0 Å². The van der Waals surface area contributed by atoms with Gasteiger partial charge in [0.2, 0.25) is 0 Å². The molecule has 0 radical (unpaired) electrons. The van der Waals surface area contributed by atoms with Crippen LogP contribution in [0.4, 0.5) is 0 Å². The van der Waals surface area contributed by atoms with Crippen LogP contribution in [0.2, 0.25) is 10.0 Å². The first-order valence-corrected chi connectivity index (χ1v) is 12.9. The van der Waals surface area contributed by atoms with Crippen LogP contribution < -0.4 is 9.47 Å². The number of benzene rings is 4. The van der Waals surface area contributed by atoms with Crippen molar-refractivity contribution < 1.29 is 32.1 Å². The second-order valence-electron chi connectivity index (χ2n) is 7.79. The van der Waals surface area contributed by atoms with E-state index in [4.69, 9.17) is 40.3 Å². The summed E-state index contributed by atoms with van der Waals surface area (Å²) >= 11 is 11.1. The molecule has 1 N–H and O–H groups in total. The minimum atomic E-state index is -1.32. The predicted molar refractivity (Wildman–Crippen MR) is 143 cm³/mol. The zero-order valence-electron chi connectivity index (χ0n) is 19.9. The Hall–Kier alpha value is -3.51. The summed E-state index contributed by atoms with van der Waals surface area (Å²) in [5, 5.41) is 0.833. The molecule has 192 valence electrons. The van der Waals surface area contributed by atoms with Gasteiger partial charge in [0, 0.05) is 0 Å². The van der Waals surface area contributed by atoms with Crippen LogP contribution in [0.5, 0.6) is 23.0 Å². The average Bonchev–Trinajstić information content (AvgIpc) is 2.89. The van der Waals surface area contributed by atoms with Gasteiger partial charge >= 0.3 is 232 Å². The fourth-order valence-corrected chi connectivity index (χ4v) is 3.99. The van der Waals surface area contributed by atoms with Gasteiger partial charge in [0.15, 0.2) is 0 Å². The van der Waals surface area contributed by atoms with Crippen molar-refractivity contribution in [1.29, 1.82) is 0 Å². The van der Waals surface area contributed by atoms with Crippen LogP contribution in [0.3, 0.4) is 0 Å². The minimum absolute atomic E-state index is 0. The summed E-state index contributed by atoms with van der Waals surface area (Å²) in [5.41, 5.74) is 1.30. The first kappa shape index (κ1) is 29.1. The van der Waals surface area contributed by atoms with Gasteiger partial charge < -0.3 is 5.48 Å². The van der Waals surface area contributed by atoms with Gasteiger partial charge in [0.05, 0.1) is 0 Å². The second kappa shape index (κ2) is 14.4. The molecule has 0 unspecified atom stereocenters. The smallest absolute Gasteiger partial charge is 0.870 e. The molecule has 10 heteroatoms. The third-order valence-corrected chi connectivity index (χ3v) is 6.33. The van der Waals surface area contributed by atoms with E-state index in [-0.39, 0.29) is 18.3 Å². The Morgan fingerprint density at radius 2 is 1.00 bits per heavy atom. The summed E-state index contributed by atoms with van der Waals surface area (Å²) in [6.07, 6.45) is -0.0471. The van der Waals surface area contributed by atoms with Crippen LogP contribution in [0.15, 0.2) is 97.1 Å². The van der Waals surface area contributed by atoms with E-state index in [1.165, 1.54) is 0 Å². The average molecular weight is 567 g/mol. The fourth-order valence-electron chi connectivity index (χ4n) is 3.25. The van der Waals surface area contributed by atoms with Crippen molar-refractivity contribution in [2.75, 3.05) is 0 Å². The van der Waals surface area contributed by atoms with Crippen LogP contribution >= 0.6 is 23.2 Å². The van der Waals surface area contributed by atoms with Crippen LogP contribution in [0.25, 0.3) is 0 Å². The van der Waals surface area contributed by atoms with Crippen molar-refractivity contribution in [3.05, 3.63) is 118 Å². The quantitative estimate of drug-likeness (QED) is 0.194. The molecule has 4 aromatic carbocycles. The van der Waals surface area contributed by atoms with E-state index in [0.29, 0.717) is 44.2 Å². The van der Waals surface area contributed by atoms with E-state index in [1.807, 2.05) is 36.4 Å². The number of hydrogen-bond acceptors (Lipinski definition) is 7. The second-order valence-corrected chi connectivity index (χ2v) is 9.27. The maximum absolute atomic E-state index is 12.3. The largest absolute Gasteiger partial charge is 0.870 e. The van der Waals surface area contributed by atoms with Crippen LogP contribution in [-0.4, -0.2) is 33.3 Å². The van der Waals surface area contributed by atoms with Gasteiger partial charge in [0.25, 0.3) is 0 Å². The van der Waals surface area contributed by atoms with Crippen molar-refractivity contribution in [2.24, 2.45) is 0 Å². The van der Waals surface area contributed by atoms with Gasteiger partial charge in [-0.2, -0.15) is 0 Å². The third-order valence-electron chi connectivity index (χ3n) is 4.99. The molecule has 0 atom stereocenters. The van der Waals surface area contributed by atoms with Crippen molar-refractivity contribution in [3.63, 3.8) is 0 Å². The topological polar surface area (TPSA) is 101 Å². The summed E-state index contributed by atoms with van der Waals surface area (Å²) in [4.78, 5) is 24.5. The zero-order valence-corrected chi connectivity index (χ0v) is 22.5. The number of carbonyl (C=O) groups is 2. The number of ether oxygens (including phenoxy) is 2. The van der Waals surface area contributed by atoms with E-state index in [9.17, 15) is 9.59 Å². The fraction of sp³-hybridized carbons (Fsp3) is 0.0714. The van der Waals surface area contributed by atoms with Gasteiger partial charge in [-0.05, 0) is 0 Å². The maximum Gasteiger partial charge on any atom is -0.870 e. The molecule has 0 aliphatic heterocycles. The monoisotopic (exact) mass is 566 g/mol. The summed E-state index contributed by atoms with van der Waals surface area (Å²) in [7, 11) is 0. The molecule has 7 nitrogen and oxygen atoms in total. The van der Waals surface area contributed by atoms with E-state index < -0.39 is 27.8 Å². The van der Waals surface area contributed by atoms with Gasteiger partial charge in [-0.25, -0.2) is 0 Å². The van der Waals surface area contributed by atoms with Gasteiger partial charge in [-0.15, -0.1) is 0 Å². The number of halogens is 2. The zero-order chi connectivity index (χ0) is 26.0. The third kappa shape index (κ3) is 8.81. The number of carbonyl (C=O) groups excluding carboxylic acids is 2. The standard InChI is InChI=1S/2C14H11ClO3.Al.H2O/c2*15-12-7-6-10(9-14(16)17)8-13(12)18-11-4-2-1-3-5-11;;/h2*1-8H,9H2,(H,16,17);;1H2/q;;+3;/p-3. The molecule has 0 aromatic heterocycles. The van der Waals surface area contributed by atoms with Gasteiger partial charge in [-0.1, -0.05) is 0 Å². The molecule has 0 amide bonds. The Kier molecular flexibility index (Phi) is 11.0. The molecular formula is C28H21AlCl2O7. The van der Waals surface area contributed by atoms with E-state index in [1.54, 1.807) is 60.7 Å². The van der Waals surface area contributed by atoms with Crippen molar-refractivity contribution in [2.45, 2.75) is 12.8 Å². The van der Waals surface area contributed by atoms with E-state index in [2.05, 4.69) is 0 Å². The maximum atomic E-state index is 12.3. The SMILES string of the molecule is O=C(Cc1ccc(Cl)c(Oc2ccccc2)c1)[O][Al+][O]C(=O)Cc1ccc(Cl)c(Oc2ccccc2)c1.[OH-]. The Labute approximate surface area is 236 Å². The van der Waals surface area contributed by atoms with Crippen LogP contribution in [0.1, 0.15) is 11.1 Å². The normalized spacial score (nSPS) is 9.95. The Morgan fingerprint density at radius 1 is 0.605 bits per heavy atom. The first-order chi connectivity index (χ1) is 18.0. The number of hydrogen-bond donors (Lipinski definition) is 0. The molecule has 0 aliphatic carbocycles. The number of para-hydroxylation sites is 2. The summed E-state index contributed by atoms with van der Waals surface area (Å²) < 4.78 is 21.9. The minimum Gasteiger partial charge on any atom is -0.870 e. The van der Waals surface area contributed by atoms with Crippen LogP contribution in [-0.2, 0) is 30.0 Å². The molecule has 0 bridgehead atoms.